The first-order chi connectivity index (χ1) is 10.1. The SMILES string of the molecule is CN(CCOc1ccc(Br)cc1)C(=O)Nc1ccccc1. The van der Waals surface area contributed by atoms with Gasteiger partial charge in [0, 0.05) is 17.2 Å². The van der Waals surface area contributed by atoms with Gasteiger partial charge in [0.05, 0.1) is 6.54 Å². The average molecular weight is 349 g/mol. The number of amides is 2. The maximum Gasteiger partial charge on any atom is 0.321 e. The van der Waals surface area contributed by atoms with Gasteiger partial charge in [-0.3, -0.25) is 0 Å². The number of ether oxygens (including phenoxy) is 1. The maximum absolute atomic E-state index is 12.0. The zero-order valence-corrected chi connectivity index (χ0v) is 13.3. The number of benzene rings is 2. The third-order valence-corrected chi connectivity index (χ3v) is 3.41. The fourth-order valence-corrected chi connectivity index (χ4v) is 1.94. The minimum Gasteiger partial charge on any atom is -0.492 e. The van der Waals surface area contributed by atoms with Crippen molar-refractivity contribution in [2.24, 2.45) is 0 Å². The van der Waals surface area contributed by atoms with E-state index in [9.17, 15) is 4.79 Å². The van der Waals surface area contributed by atoms with E-state index in [1.54, 1.807) is 11.9 Å². The lowest BCUT2D eigenvalue weighted by molar-refractivity contribution is 0.207. The molecule has 2 aromatic rings. The van der Waals surface area contributed by atoms with Crippen LogP contribution in [0.4, 0.5) is 10.5 Å². The first-order valence-corrected chi connectivity index (χ1v) is 7.40. The van der Waals surface area contributed by atoms with E-state index in [0.717, 1.165) is 15.9 Å². The predicted octanol–water partition coefficient (Wildman–Crippen LogP) is 3.99. The van der Waals surface area contributed by atoms with Gasteiger partial charge in [-0.25, -0.2) is 4.79 Å². The van der Waals surface area contributed by atoms with Crippen molar-refractivity contribution in [3.05, 3.63) is 59.1 Å². The molecule has 0 unspecified atom stereocenters. The minimum atomic E-state index is -0.152. The number of hydrogen-bond acceptors (Lipinski definition) is 2. The van der Waals surface area contributed by atoms with Crippen molar-refractivity contribution in [3.8, 4) is 5.75 Å². The molecule has 0 spiro atoms. The number of carbonyl (C=O) groups excluding carboxylic acids is 1. The Morgan fingerprint density at radius 1 is 1.14 bits per heavy atom. The number of nitrogens with zero attached hydrogens (tertiary/aromatic N) is 1. The number of likely N-dealkylation sites (N-methyl/N-ethyl adjacent to an activating group) is 1. The predicted molar refractivity (Wildman–Crippen MR) is 87.7 cm³/mol. The summed E-state index contributed by atoms with van der Waals surface area (Å²) in [5.74, 6) is 0.787. The second-order valence-corrected chi connectivity index (χ2v) is 5.44. The Morgan fingerprint density at radius 2 is 1.81 bits per heavy atom. The number of para-hydroxylation sites is 1. The Kier molecular flexibility index (Phi) is 5.63. The van der Waals surface area contributed by atoms with Gasteiger partial charge in [-0.2, -0.15) is 0 Å². The lowest BCUT2D eigenvalue weighted by atomic mass is 10.3. The molecule has 0 bridgehead atoms. The molecule has 0 fully saturated rings. The summed E-state index contributed by atoms with van der Waals surface area (Å²) in [6.07, 6.45) is 0. The number of rotatable bonds is 5. The Bertz CT molecular complexity index is 573. The molecule has 2 aromatic carbocycles. The van der Waals surface area contributed by atoms with Gasteiger partial charge < -0.3 is 15.0 Å². The highest BCUT2D eigenvalue weighted by atomic mass is 79.9. The van der Waals surface area contributed by atoms with Crippen LogP contribution < -0.4 is 10.1 Å². The Morgan fingerprint density at radius 3 is 2.48 bits per heavy atom. The van der Waals surface area contributed by atoms with Crippen molar-refractivity contribution in [1.82, 2.24) is 4.90 Å². The fourth-order valence-electron chi connectivity index (χ4n) is 1.67. The standard InChI is InChI=1S/C16H17BrN2O2/c1-19(16(20)18-14-5-3-2-4-6-14)11-12-21-15-9-7-13(17)8-10-15/h2-10H,11-12H2,1H3,(H,18,20). The minimum absolute atomic E-state index is 0.152. The third-order valence-electron chi connectivity index (χ3n) is 2.88. The highest BCUT2D eigenvalue weighted by Crippen LogP contribution is 2.16. The van der Waals surface area contributed by atoms with Gasteiger partial charge in [0.2, 0.25) is 0 Å². The normalized spacial score (nSPS) is 10.0. The zero-order chi connectivity index (χ0) is 15.1. The van der Waals surface area contributed by atoms with E-state index in [4.69, 9.17) is 4.74 Å². The molecule has 0 saturated carbocycles. The van der Waals surface area contributed by atoms with Crippen LogP contribution in [0.3, 0.4) is 0 Å². The second kappa shape index (κ2) is 7.69. The number of urea groups is 1. The van der Waals surface area contributed by atoms with Crippen LogP contribution in [-0.4, -0.2) is 31.1 Å². The lowest BCUT2D eigenvalue weighted by Crippen LogP contribution is -2.34. The molecule has 1 N–H and O–H groups in total. The molecule has 2 rings (SSSR count). The first kappa shape index (κ1) is 15.4. The lowest BCUT2D eigenvalue weighted by Gasteiger charge is -2.18. The summed E-state index contributed by atoms with van der Waals surface area (Å²) in [6.45, 7) is 0.953. The van der Waals surface area contributed by atoms with Gasteiger partial charge >= 0.3 is 6.03 Å². The highest BCUT2D eigenvalue weighted by molar-refractivity contribution is 9.10. The van der Waals surface area contributed by atoms with Crippen LogP contribution in [0, 0.1) is 0 Å². The Labute approximate surface area is 132 Å². The molecule has 110 valence electrons. The van der Waals surface area contributed by atoms with Crippen LogP contribution in [0.1, 0.15) is 0 Å². The highest BCUT2D eigenvalue weighted by Gasteiger charge is 2.08. The Balaban J connectivity index is 1.75. The van der Waals surface area contributed by atoms with Gasteiger partial charge in [0.25, 0.3) is 0 Å². The van der Waals surface area contributed by atoms with Crippen LogP contribution in [0.2, 0.25) is 0 Å². The zero-order valence-electron chi connectivity index (χ0n) is 11.8. The van der Waals surface area contributed by atoms with Crippen molar-refractivity contribution in [2.75, 3.05) is 25.5 Å². The molecule has 0 heterocycles. The summed E-state index contributed by atoms with van der Waals surface area (Å²) in [5.41, 5.74) is 0.781. The van der Waals surface area contributed by atoms with Crippen LogP contribution in [-0.2, 0) is 0 Å². The van der Waals surface area contributed by atoms with Crippen LogP contribution in [0.25, 0.3) is 0 Å². The Hall–Kier alpha value is -2.01. The number of nitrogens with one attached hydrogen (secondary N) is 1. The molecule has 0 saturated heterocycles. The van der Waals surface area contributed by atoms with E-state index in [1.807, 2.05) is 54.6 Å². The number of halogens is 1. The fraction of sp³-hybridized carbons (Fsp3) is 0.188. The van der Waals surface area contributed by atoms with Gasteiger partial charge in [-0.05, 0) is 36.4 Å². The first-order valence-electron chi connectivity index (χ1n) is 6.61. The summed E-state index contributed by atoms with van der Waals surface area (Å²) in [7, 11) is 1.74. The van der Waals surface area contributed by atoms with Crippen LogP contribution >= 0.6 is 15.9 Å². The average Bonchev–Trinajstić information content (AvgIpc) is 2.50. The van der Waals surface area contributed by atoms with Crippen molar-refractivity contribution in [3.63, 3.8) is 0 Å². The summed E-state index contributed by atoms with van der Waals surface area (Å²) in [6, 6.07) is 16.8. The van der Waals surface area contributed by atoms with E-state index in [2.05, 4.69) is 21.2 Å². The molecule has 0 atom stereocenters. The van der Waals surface area contributed by atoms with E-state index in [1.165, 1.54) is 0 Å². The van der Waals surface area contributed by atoms with Crippen molar-refractivity contribution in [2.45, 2.75) is 0 Å². The van der Waals surface area contributed by atoms with E-state index in [0.29, 0.717) is 13.2 Å². The van der Waals surface area contributed by atoms with Crippen LogP contribution in [0.5, 0.6) is 5.75 Å². The summed E-state index contributed by atoms with van der Waals surface area (Å²) in [4.78, 5) is 13.5. The summed E-state index contributed by atoms with van der Waals surface area (Å²) >= 11 is 3.37. The summed E-state index contributed by atoms with van der Waals surface area (Å²) in [5, 5.41) is 2.82. The largest absolute Gasteiger partial charge is 0.492 e. The molecule has 4 nitrogen and oxygen atoms in total. The van der Waals surface area contributed by atoms with E-state index >= 15 is 0 Å². The summed E-state index contributed by atoms with van der Waals surface area (Å²) < 4.78 is 6.60. The third kappa shape index (κ3) is 5.11. The molecular weight excluding hydrogens is 332 g/mol. The van der Waals surface area contributed by atoms with Gasteiger partial charge in [-0.15, -0.1) is 0 Å². The van der Waals surface area contributed by atoms with Crippen molar-refractivity contribution < 1.29 is 9.53 Å². The number of anilines is 1. The van der Waals surface area contributed by atoms with Gasteiger partial charge in [0.1, 0.15) is 12.4 Å². The molecule has 0 aromatic heterocycles. The van der Waals surface area contributed by atoms with Crippen molar-refractivity contribution in [1.29, 1.82) is 0 Å². The maximum atomic E-state index is 12.0. The number of carbonyl (C=O) groups is 1. The monoisotopic (exact) mass is 348 g/mol. The quantitative estimate of drug-likeness (QED) is 0.887. The van der Waals surface area contributed by atoms with E-state index < -0.39 is 0 Å². The number of hydrogen-bond donors (Lipinski definition) is 1. The topological polar surface area (TPSA) is 41.6 Å². The molecule has 2 amide bonds. The smallest absolute Gasteiger partial charge is 0.321 e. The molecule has 0 radical (unpaired) electrons. The van der Waals surface area contributed by atoms with Gasteiger partial charge in [0.15, 0.2) is 0 Å². The molecule has 0 aliphatic rings. The molecule has 5 heteroatoms. The molecule has 0 aliphatic carbocycles. The van der Waals surface area contributed by atoms with Crippen molar-refractivity contribution >= 4 is 27.6 Å². The molecule has 0 aliphatic heterocycles. The second-order valence-electron chi connectivity index (χ2n) is 4.52. The van der Waals surface area contributed by atoms with Gasteiger partial charge in [-0.1, -0.05) is 34.1 Å². The van der Waals surface area contributed by atoms with Crippen LogP contribution in [0.15, 0.2) is 59.1 Å². The molecular formula is C16H17BrN2O2. The molecule has 21 heavy (non-hydrogen) atoms. The van der Waals surface area contributed by atoms with E-state index in [-0.39, 0.29) is 6.03 Å².